The second-order valence-electron chi connectivity index (χ2n) is 6.28. The number of carbonyl (C=O) groups excluding carboxylic acids is 1. The molecule has 1 aliphatic heterocycles. The Hall–Kier alpha value is -1.95. The van der Waals surface area contributed by atoms with E-state index in [0.29, 0.717) is 29.4 Å². The Kier molecular flexibility index (Phi) is 5.04. The Morgan fingerprint density at radius 3 is 2.65 bits per heavy atom. The molecule has 126 valence electrons. The van der Waals surface area contributed by atoms with Crippen molar-refractivity contribution in [2.45, 2.75) is 33.3 Å². The van der Waals surface area contributed by atoms with Gasteiger partial charge in [0.2, 0.25) is 0 Å². The van der Waals surface area contributed by atoms with E-state index < -0.39 is 11.4 Å². The Balaban J connectivity index is 2.02. The van der Waals surface area contributed by atoms with E-state index >= 15 is 0 Å². The number of nitrogens with zero attached hydrogens (tertiary/aromatic N) is 1. The quantitative estimate of drug-likeness (QED) is 0.879. The molecular weight excluding hydrogens is 320 g/mol. The van der Waals surface area contributed by atoms with Crippen molar-refractivity contribution in [3.8, 4) is 5.75 Å². The van der Waals surface area contributed by atoms with E-state index in [4.69, 9.17) is 16.3 Å². The third kappa shape index (κ3) is 4.07. The lowest BCUT2D eigenvalue weighted by Crippen LogP contribution is -2.37. The predicted molar refractivity (Wildman–Crippen MR) is 88.2 cm³/mol. The molecule has 1 fully saturated rings. The molecule has 0 spiro atoms. The second-order valence-corrected chi connectivity index (χ2v) is 6.68. The number of anilines is 1. The number of likely N-dealkylation sites (tertiary alicyclic amines) is 1. The van der Waals surface area contributed by atoms with Gasteiger partial charge in [0.05, 0.1) is 22.2 Å². The highest BCUT2D eigenvalue weighted by Gasteiger charge is 2.42. The first kappa shape index (κ1) is 17.4. The molecule has 2 N–H and O–H groups in total. The van der Waals surface area contributed by atoms with Gasteiger partial charge in [-0.05, 0) is 39.3 Å². The summed E-state index contributed by atoms with van der Waals surface area (Å²) in [6.07, 6.45) is 0.467. The van der Waals surface area contributed by atoms with Gasteiger partial charge in [0.1, 0.15) is 5.75 Å². The Morgan fingerprint density at radius 1 is 1.43 bits per heavy atom. The van der Waals surface area contributed by atoms with Gasteiger partial charge >= 0.3 is 12.0 Å². The number of amides is 2. The molecule has 0 aromatic heterocycles. The van der Waals surface area contributed by atoms with Crippen molar-refractivity contribution in [1.29, 1.82) is 0 Å². The van der Waals surface area contributed by atoms with Crippen LogP contribution in [0.2, 0.25) is 5.02 Å². The molecule has 1 aromatic carbocycles. The molecule has 1 aromatic rings. The van der Waals surface area contributed by atoms with Crippen molar-refractivity contribution in [2.24, 2.45) is 5.41 Å². The molecule has 6 nitrogen and oxygen atoms in total. The lowest BCUT2D eigenvalue weighted by Gasteiger charge is -2.21. The number of aliphatic carboxylic acids is 1. The maximum absolute atomic E-state index is 12.3. The molecule has 1 atom stereocenters. The molecule has 23 heavy (non-hydrogen) atoms. The fourth-order valence-electron chi connectivity index (χ4n) is 2.45. The molecule has 0 bridgehead atoms. The maximum atomic E-state index is 12.3. The van der Waals surface area contributed by atoms with Gasteiger partial charge in [-0.15, -0.1) is 0 Å². The summed E-state index contributed by atoms with van der Waals surface area (Å²) < 4.78 is 5.54. The highest BCUT2D eigenvalue weighted by Crippen LogP contribution is 2.32. The van der Waals surface area contributed by atoms with Crippen LogP contribution in [0.25, 0.3) is 0 Å². The molecule has 1 unspecified atom stereocenters. The minimum Gasteiger partial charge on any atom is -0.491 e. The van der Waals surface area contributed by atoms with Crippen LogP contribution in [0.1, 0.15) is 27.2 Å². The van der Waals surface area contributed by atoms with Gasteiger partial charge in [-0.3, -0.25) is 4.79 Å². The van der Waals surface area contributed by atoms with E-state index in [0.717, 1.165) is 0 Å². The maximum Gasteiger partial charge on any atom is 0.321 e. The molecule has 1 saturated heterocycles. The fraction of sp³-hybridized carbons (Fsp3) is 0.500. The number of ether oxygens (including phenoxy) is 1. The number of carboxylic acids is 1. The zero-order valence-electron chi connectivity index (χ0n) is 13.4. The van der Waals surface area contributed by atoms with Crippen molar-refractivity contribution in [2.75, 3.05) is 18.4 Å². The monoisotopic (exact) mass is 340 g/mol. The summed E-state index contributed by atoms with van der Waals surface area (Å²) in [6.45, 7) is 6.06. The highest BCUT2D eigenvalue weighted by atomic mass is 35.5. The van der Waals surface area contributed by atoms with Crippen LogP contribution in [0.4, 0.5) is 10.5 Å². The number of benzene rings is 1. The van der Waals surface area contributed by atoms with Crippen molar-refractivity contribution >= 4 is 29.3 Å². The van der Waals surface area contributed by atoms with Gasteiger partial charge in [0.15, 0.2) is 0 Å². The van der Waals surface area contributed by atoms with Crippen molar-refractivity contribution in [3.63, 3.8) is 0 Å². The van der Waals surface area contributed by atoms with E-state index in [2.05, 4.69) is 5.32 Å². The van der Waals surface area contributed by atoms with Crippen LogP contribution >= 0.6 is 11.6 Å². The van der Waals surface area contributed by atoms with E-state index in [9.17, 15) is 14.7 Å². The average Bonchev–Trinajstić information content (AvgIpc) is 2.85. The van der Waals surface area contributed by atoms with Crippen molar-refractivity contribution < 1.29 is 19.4 Å². The number of rotatable bonds is 4. The Morgan fingerprint density at radius 2 is 2.13 bits per heavy atom. The van der Waals surface area contributed by atoms with Crippen LogP contribution in [0.3, 0.4) is 0 Å². The first-order chi connectivity index (χ1) is 10.7. The largest absolute Gasteiger partial charge is 0.491 e. The third-order valence-corrected chi connectivity index (χ3v) is 4.14. The van der Waals surface area contributed by atoms with Crippen molar-refractivity contribution in [1.82, 2.24) is 4.90 Å². The SMILES string of the molecule is CC(C)Oc1ccc(NC(=O)N2CCC(C)(C(=O)O)C2)c(Cl)c1. The van der Waals surface area contributed by atoms with Gasteiger partial charge in [0, 0.05) is 19.2 Å². The summed E-state index contributed by atoms with van der Waals surface area (Å²) >= 11 is 6.16. The van der Waals surface area contributed by atoms with Crippen molar-refractivity contribution in [3.05, 3.63) is 23.2 Å². The molecule has 0 radical (unpaired) electrons. The topological polar surface area (TPSA) is 78.9 Å². The normalized spacial score (nSPS) is 20.7. The number of carbonyl (C=O) groups is 2. The number of halogens is 1. The molecular formula is C16H21ClN2O4. The van der Waals surface area contributed by atoms with E-state index in [1.54, 1.807) is 25.1 Å². The van der Waals surface area contributed by atoms with Crippen LogP contribution < -0.4 is 10.1 Å². The molecule has 2 rings (SSSR count). The summed E-state index contributed by atoms with van der Waals surface area (Å²) in [5.74, 6) is -0.261. The number of nitrogens with one attached hydrogen (secondary N) is 1. The number of hydrogen-bond acceptors (Lipinski definition) is 3. The fourth-order valence-corrected chi connectivity index (χ4v) is 2.66. The minimum absolute atomic E-state index is 0.0322. The third-order valence-electron chi connectivity index (χ3n) is 3.83. The number of hydrogen-bond donors (Lipinski definition) is 2. The van der Waals surface area contributed by atoms with Crippen LogP contribution in [-0.4, -0.2) is 41.2 Å². The molecule has 7 heteroatoms. The van der Waals surface area contributed by atoms with Crippen LogP contribution in [0.15, 0.2) is 18.2 Å². The zero-order chi connectivity index (χ0) is 17.2. The molecule has 1 aliphatic rings. The number of urea groups is 1. The average molecular weight is 341 g/mol. The van der Waals surface area contributed by atoms with Crippen LogP contribution in [-0.2, 0) is 4.79 Å². The lowest BCUT2D eigenvalue weighted by molar-refractivity contribution is -0.146. The van der Waals surface area contributed by atoms with Gasteiger partial charge < -0.3 is 20.1 Å². The Bertz CT molecular complexity index is 620. The van der Waals surface area contributed by atoms with E-state index in [1.807, 2.05) is 13.8 Å². The molecule has 2 amide bonds. The Labute approximate surface area is 140 Å². The van der Waals surface area contributed by atoms with Gasteiger partial charge in [-0.1, -0.05) is 11.6 Å². The second kappa shape index (κ2) is 6.66. The van der Waals surface area contributed by atoms with Gasteiger partial charge in [-0.25, -0.2) is 4.79 Å². The summed E-state index contributed by atoms with van der Waals surface area (Å²) in [5.41, 5.74) is -0.424. The standard InChI is InChI=1S/C16H21ClN2O4/c1-10(2)23-11-4-5-13(12(17)8-11)18-15(22)19-7-6-16(3,9-19)14(20)21/h4-5,8,10H,6-7,9H2,1-3H3,(H,18,22)(H,20,21). The summed E-state index contributed by atoms with van der Waals surface area (Å²) in [7, 11) is 0. The molecule has 1 heterocycles. The smallest absolute Gasteiger partial charge is 0.321 e. The predicted octanol–water partition coefficient (Wildman–Crippen LogP) is 3.46. The highest BCUT2D eigenvalue weighted by molar-refractivity contribution is 6.33. The summed E-state index contributed by atoms with van der Waals surface area (Å²) in [5, 5.41) is 12.3. The van der Waals surface area contributed by atoms with Gasteiger partial charge in [-0.2, -0.15) is 0 Å². The van der Waals surface area contributed by atoms with Gasteiger partial charge in [0.25, 0.3) is 0 Å². The summed E-state index contributed by atoms with van der Waals surface area (Å²) in [4.78, 5) is 25.0. The first-order valence-corrected chi connectivity index (χ1v) is 7.84. The minimum atomic E-state index is -0.893. The summed E-state index contributed by atoms with van der Waals surface area (Å²) in [6, 6.07) is 4.69. The molecule has 0 saturated carbocycles. The van der Waals surface area contributed by atoms with Crippen LogP contribution in [0, 0.1) is 5.41 Å². The molecule has 0 aliphatic carbocycles. The van der Waals surface area contributed by atoms with E-state index in [1.165, 1.54) is 4.90 Å². The zero-order valence-corrected chi connectivity index (χ0v) is 14.2. The van der Waals surface area contributed by atoms with E-state index in [-0.39, 0.29) is 18.7 Å². The van der Waals surface area contributed by atoms with Crippen LogP contribution in [0.5, 0.6) is 5.75 Å². The lowest BCUT2D eigenvalue weighted by atomic mass is 9.90. The number of carboxylic acid groups (broad SMARTS) is 1. The first-order valence-electron chi connectivity index (χ1n) is 7.47.